The molecule has 3 aliphatic rings. The van der Waals surface area contributed by atoms with Gasteiger partial charge in [0.2, 0.25) is 17.7 Å². The first kappa shape index (κ1) is 10.7. The molecule has 92 valence electrons. The normalized spacial score (nSPS) is 40.9. The van der Waals surface area contributed by atoms with Crippen LogP contribution < -0.4 is 5.73 Å². The summed E-state index contributed by atoms with van der Waals surface area (Å²) in [5.74, 6) is -0.569. The van der Waals surface area contributed by atoms with E-state index in [1.54, 1.807) is 0 Å². The van der Waals surface area contributed by atoms with Gasteiger partial charge < -0.3 is 5.73 Å². The average Bonchev–Trinajstić information content (AvgIpc) is 2.92. The summed E-state index contributed by atoms with van der Waals surface area (Å²) in [6, 6.07) is -0.806. The van der Waals surface area contributed by atoms with Crippen LogP contribution in [0.4, 0.5) is 0 Å². The highest BCUT2D eigenvalue weighted by Gasteiger charge is 2.61. The highest BCUT2D eigenvalue weighted by Crippen LogP contribution is 2.56. The summed E-state index contributed by atoms with van der Waals surface area (Å²) in [6.45, 7) is 1.53. The minimum atomic E-state index is -0.806. The van der Waals surface area contributed by atoms with Crippen molar-refractivity contribution >= 4 is 17.7 Å². The third-order valence-electron chi connectivity index (χ3n) is 4.76. The first-order valence-corrected chi connectivity index (χ1v) is 6.18. The van der Waals surface area contributed by atoms with Gasteiger partial charge in [-0.25, -0.2) is 0 Å². The van der Waals surface area contributed by atoms with Gasteiger partial charge in [0.25, 0.3) is 0 Å². The summed E-state index contributed by atoms with van der Waals surface area (Å²) < 4.78 is 0. The molecule has 2 bridgehead atoms. The van der Waals surface area contributed by atoms with Crippen molar-refractivity contribution in [3.63, 3.8) is 0 Å². The molecule has 0 unspecified atom stereocenters. The summed E-state index contributed by atoms with van der Waals surface area (Å²) in [4.78, 5) is 36.7. The Morgan fingerprint density at radius 3 is 2.12 bits per heavy atom. The second-order valence-electron chi connectivity index (χ2n) is 5.51. The standard InChI is InChI=1S/C12H16N2O3/c1-5(10(13)15)14-11(16)8-6-2-3-7(4-6)9(8)12(14)17/h5-9H,2-4H2,1H3,(H2,13,15)/t5-,6-,7+,8-,9-/m0/s1. The van der Waals surface area contributed by atoms with E-state index in [9.17, 15) is 14.4 Å². The molecule has 3 amide bonds. The van der Waals surface area contributed by atoms with E-state index in [2.05, 4.69) is 0 Å². The van der Waals surface area contributed by atoms with Gasteiger partial charge in [0, 0.05) is 0 Å². The molecule has 5 heteroatoms. The third kappa shape index (κ3) is 1.22. The number of fused-ring (bicyclic) bond motifs is 5. The van der Waals surface area contributed by atoms with Gasteiger partial charge in [0.15, 0.2) is 0 Å². The first-order valence-electron chi connectivity index (χ1n) is 6.18. The van der Waals surface area contributed by atoms with Gasteiger partial charge in [0.1, 0.15) is 6.04 Å². The van der Waals surface area contributed by atoms with Gasteiger partial charge in [-0.3, -0.25) is 19.3 Å². The van der Waals surface area contributed by atoms with Crippen molar-refractivity contribution in [2.24, 2.45) is 29.4 Å². The number of rotatable bonds is 2. The van der Waals surface area contributed by atoms with Gasteiger partial charge in [0.05, 0.1) is 11.8 Å². The van der Waals surface area contributed by atoms with Gasteiger partial charge in [-0.1, -0.05) is 0 Å². The van der Waals surface area contributed by atoms with Crippen LogP contribution in [-0.2, 0) is 14.4 Å². The van der Waals surface area contributed by atoms with Crippen LogP contribution in [0.5, 0.6) is 0 Å². The molecule has 2 N–H and O–H groups in total. The molecular weight excluding hydrogens is 220 g/mol. The third-order valence-corrected chi connectivity index (χ3v) is 4.76. The van der Waals surface area contributed by atoms with Crippen molar-refractivity contribution in [3.8, 4) is 0 Å². The van der Waals surface area contributed by atoms with E-state index in [-0.39, 0.29) is 23.7 Å². The molecule has 0 aromatic carbocycles. The zero-order valence-corrected chi connectivity index (χ0v) is 9.76. The molecule has 1 aliphatic heterocycles. The molecule has 0 aromatic rings. The smallest absolute Gasteiger partial charge is 0.240 e. The summed E-state index contributed by atoms with van der Waals surface area (Å²) in [5.41, 5.74) is 5.19. The number of nitrogens with zero attached hydrogens (tertiary/aromatic N) is 1. The zero-order chi connectivity index (χ0) is 12.3. The molecule has 3 rings (SSSR count). The van der Waals surface area contributed by atoms with Gasteiger partial charge in [-0.2, -0.15) is 0 Å². The lowest BCUT2D eigenvalue weighted by atomic mass is 9.81. The van der Waals surface area contributed by atoms with Crippen molar-refractivity contribution in [1.29, 1.82) is 0 Å². The molecule has 1 heterocycles. The number of carbonyl (C=O) groups is 3. The van der Waals surface area contributed by atoms with Crippen molar-refractivity contribution in [3.05, 3.63) is 0 Å². The fourth-order valence-corrected chi connectivity index (χ4v) is 3.94. The van der Waals surface area contributed by atoms with Crippen LogP contribution >= 0.6 is 0 Å². The predicted octanol–water partition coefficient (Wildman–Crippen LogP) is -0.109. The highest BCUT2D eigenvalue weighted by molar-refractivity contribution is 6.08. The second-order valence-corrected chi connectivity index (χ2v) is 5.51. The number of likely N-dealkylation sites (tertiary alicyclic amines) is 1. The maximum Gasteiger partial charge on any atom is 0.240 e. The quantitative estimate of drug-likeness (QED) is 0.679. The van der Waals surface area contributed by atoms with Crippen LogP contribution in [0.2, 0.25) is 0 Å². The number of primary amides is 1. The number of carbonyl (C=O) groups excluding carboxylic acids is 3. The van der Waals surface area contributed by atoms with Gasteiger partial charge >= 0.3 is 0 Å². The summed E-state index contributed by atoms with van der Waals surface area (Å²) in [6.07, 6.45) is 3.10. The summed E-state index contributed by atoms with van der Waals surface area (Å²) in [7, 11) is 0. The molecule has 3 fully saturated rings. The minimum absolute atomic E-state index is 0.164. The Morgan fingerprint density at radius 2 is 1.71 bits per heavy atom. The van der Waals surface area contributed by atoms with Crippen LogP contribution in [0, 0.1) is 23.7 Å². The Hall–Kier alpha value is -1.39. The lowest BCUT2D eigenvalue weighted by Gasteiger charge is -2.21. The number of amides is 3. The monoisotopic (exact) mass is 236 g/mol. The SMILES string of the molecule is C[C@@H](C(N)=O)N1C(=O)[C@H]2[C@@H]3CC[C@@H](C3)[C@@H]2C1=O. The average molecular weight is 236 g/mol. The first-order chi connectivity index (χ1) is 8.02. The Morgan fingerprint density at radius 1 is 1.24 bits per heavy atom. The van der Waals surface area contributed by atoms with E-state index in [0.717, 1.165) is 24.2 Å². The summed E-state index contributed by atoms with van der Waals surface area (Å²) >= 11 is 0. The number of nitrogens with two attached hydrogens (primary N) is 1. The van der Waals surface area contributed by atoms with E-state index in [1.807, 2.05) is 0 Å². The number of imide groups is 1. The van der Waals surface area contributed by atoms with Crippen LogP contribution in [0.3, 0.4) is 0 Å². The van der Waals surface area contributed by atoms with Gasteiger partial charge in [-0.05, 0) is 38.0 Å². The lowest BCUT2D eigenvalue weighted by Crippen LogP contribution is -2.47. The van der Waals surface area contributed by atoms with Crippen LogP contribution in [-0.4, -0.2) is 28.7 Å². The predicted molar refractivity (Wildman–Crippen MR) is 58.3 cm³/mol. The fraction of sp³-hybridized carbons (Fsp3) is 0.750. The van der Waals surface area contributed by atoms with Crippen molar-refractivity contribution in [2.45, 2.75) is 32.2 Å². The Kier molecular flexibility index (Phi) is 2.09. The van der Waals surface area contributed by atoms with Crippen LogP contribution in [0.15, 0.2) is 0 Å². The van der Waals surface area contributed by atoms with Crippen LogP contribution in [0.1, 0.15) is 26.2 Å². The largest absolute Gasteiger partial charge is 0.368 e. The van der Waals surface area contributed by atoms with E-state index in [0.29, 0.717) is 11.8 Å². The Bertz CT molecular complexity index is 392. The fourth-order valence-electron chi connectivity index (χ4n) is 3.94. The molecule has 17 heavy (non-hydrogen) atoms. The summed E-state index contributed by atoms with van der Waals surface area (Å²) in [5, 5.41) is 0. The lowest BCUT2D eigenvalue weighted by molar-refractivity contribution is -0.147. The van der Waals surface area contributed by atoms with Crippen LogP contribution in [0.25, 0.3) is 0 Å². The van der Waals surface area contributed by atoms with E-state index < -0.39 is 11.9 Å². The maximum atomic E-state index is 12.2. The van der Waals surface area contributed by atoms with Gasteiger partial charge in [-0.15, -0.1) is 0 Å². The highest BCUT2D eigenvalue weighted by atomic mass is 16.2. The zero-order valence-electron chi connectivity index (χ0n) is 9.76. The van der Waals surface area contributed by atoms with Crippen molar-refractivity contribution in [1.82, 2.24) is 4.90 Å². The van der Waals surface area contributed by atoms with Crippen molar-refractivity contribution in [2.75, 3.05) is 0 Å². The molecule has 5 nitrogen and oxygen atoms in total. The molecule has 2 aliphatic carbocycles. The molecule has 0 aromatic heterocycles. The molecule has 5 atom stereocenters. The second kappa shape index (κ2) is 3.31. The topological polar surface area (TPSA) is 80.5 Å². The molecule has 1 saturated heterocycles. The Labute approximate surface area is 99.3 Å². The molecule has 2 saturated carbocycles. The van der Waals surface area contributed by atoms with E-state index in [1.165, 1.54) is 6.92 Å². The van der Waals surface area contributed by atoms with E-state index >= 15 is 0 Å². The molecule has 0 spiro atoms. The number of hydrogen-bond donors (Lipinski definition) is 1. The van der Waals surface area contributed by atoms with Crippen molar-refractivity contribution < 1.29 is 14.4 Å². The molecule has 0 radical (unpaired) electrons. The van der Waals surface area contributed by atoms with E-state index in [4.69, 9.17) is 5.73 Å². The minimum Gasteiger partial charge on any atom is -0.368 e. The Balaban J connectivity index is 1.93. The maximum absolute atomic E-state index is 12.2. The molecular formula is C12H16N2O3. The number of hydrogen-bond acceptors (Lipinski definition) is 3.